The molecule has 0 saturated heterocycles. The van der Waals surface area contributed by atoms with Crippen molar-refractivity contribution in [2.75, 3.05) is 20.3 Å². The lowest BCUT2D eigenvalue weighted by Gasteiger charge is -2.40. The molecule has 3 atom stereocenters. The highest BCUT2D eigenvalue weighted by atomic mass is 127. The number of aliphatic hydroxyl groups is 3. The van der Waals surface area contributed by atoms with Gasteiger partial charge in [-0.25, -0.2) is 0 Å². The molecule has 0 bridgehead atoms. The molecule has 10 heteroatoms. The number of carbonyl (C=O) groups is 2. The molecule has 4 N–H and O–H groups in total. The maximum Gasteiger partial charge on any atom is 0.247 e. The van der Waals surface area contributed by atoms with Crippen LogP contribution in [0, 0.1) is 3.57 Å². The molecule has 36 heavy (non-hydrogen) atoms. The predicted molar refractivity (Wildman–Crippen MR) is 141 cm³/mol. The summed E-state index contributed by atoms with van der Waals surface area (Å²) < 4.78 is 12.3. The van der Waals surface area contributed by atoms with Gasteiger partial charge in [-0.1, -0.05) is 30.3 Å². The van der Waals surface area contributed by atoms with Gasteiger partial charge >= 0.3 is 0 Å². The lowest BCUT2D eigenvalue weighted by Crippen LogP contribution is -2.54. The fourth-order valence-corrected chi connectivity index (χ4v) is 4.93. The minimum absolute atomic E-state index is 0.0731. The van der Waals surface area contributed by atoms with Crippen molar-refractivity contribution in [2.45, 2.75) is 44.7 Å². The molecule has 3 rings (SSSR count). The van der Waals surface area contributed by atoms with Gasteiger partial charge in [-0.05, 0) is 51.9 Å². The zero-order valence-electron chi connectivity index (χ0n) is 20.2. The molecule has 0 aliphatic heterocycles. The third-order valence-electron chi connectivity index (χ3n) is 5.94. The molecule has 2 aromatic rings. The Morgan fingerprint density at radius 3 is 2.50 bits per heavy atom. The number of hydrogen-bond donors (Lipinski definition) is 4. The summed E-state index contributed by atoms with van der Waals surface area (Å²) in [5.41, 5.74) is 1.86. The number of nitrogens with zero attached hydrogens (tertiary/aromatic N) is 1. The van der Waals surface area contributed by atoms with Gasteiger partial charge in [0.25, 0.3) is 0 Å². The Labute approximate surface area is 223 Å². The van der Waals surface area contributed by atoms with Crippen LogP contribution in [0.1, 0.15) is 24.5 Å². The van der Waals surface area contributed by atoms with Crippen LogP contribution in [0.4, 0.5) is 0 Å². The minimum atomic E-state index is -1.15. The van der Waals surface area contributed by atoms with E-state index in [2.05, 4.69) is 27.9 Å². The monoisotopic (exact) mass is 610 g/mol. The fraction of sp³-hybridized carbons (Fsp3) is 0.385. The highest BCUT2D eigenvalue weighted by Crippen LogP contribution is 2.37. The summed E-state index contributed by atoms with van der Waals surface area (Å²) in [6.45, 7) is 1.36. The first kappa shape index (κ1) is 27.9. The van der Waals surface area contributed by atoms with Crippen molar-refractivity contribution in [1.29, 1.82) is 0 Å². The van der Waals surface area contributed by atoms with Gasteiger partial charge in [0, 0.05) is 32.0 Å². The van der Waals surface area contributed by atoms with Gasteiger partial charge in [0.2, 0.25) is 11.8 Å². The standard InChI is InChI=1S/C26H31IN2O7/c1-16(32)29(14-17-6-4-3-5-7-17)21-12-19(26(34)28-8-9-30)13-22(24(21)33)36-25-20(27)10-18(15-31)11-23(25)35-2/h3-7,10-11,13,21-22,24,30-31,33H,8-9,12,14-15H2,1-2H3,(H,28,34). The van der Waals surface area contributed by atoms with Crippen LogP contribution in [0.3, 0.4) is 0 Å². The summed E-state index contributed by atoms with van der Waals surface area (Å²) in [4.78, 5) is 27.1. The highest BCUT2D eigenvalue weighted by Gasteiger charge is 2.40. The molecule has 9 nitrogen and oxygen atoms in total. The van der Waals surface area contributed by atoms with Crippen LogP contribution in [-0.2, 0) is 22.7 Å². The minimum Gasteiger partial charge on any atom is -0.493 e. The van der Waals surface area contributed by atoms with Gasteiger partial charge in [0.1, 0.15) is 12.2 Å². The SMILES string of the molecule is COc1cc(CO)cc(I)c1OC1C=C(C(=O)NCCO)CC(N(Cc2ccccc2)C(C)=O)C1O. The van der Waals surface area contributed by atoms with Crippen LogP contribution in [0.2, 0.25) is 0 Å². The molecular weight excluding hydrogens is 579 g/mol. The van der Waals surface area contributed by atoms with Crippen LogP contribution in [0.25, 0.3) is 0 Å². The van der Waals surface area contributed by atoms with E-state index in [-0.39, 0.29) is 38.6 Å². The van der Waals surface area contributed by atoms with E-state index in [1.165, 1.54) is 14.0 Å². The van der Waals surface area contributed by atoms with E-state index in [0.717, 1.165) is 5.56 Å². The molecule has 0 aromatic heterocycles. The normalized spacial score (nSPS) is 19.3. The quantitative estimate of drug-likeness (QED) is 0.302. The predicted octanol–water partition coefficient (Wildman–Crippen LogP) is 1.76. The van der Waals surface area contributed by atoms with Crippen molar-refractivity contribution >= 4 is 34.4 Å². The van der Waals surface area contributed by atoms with Crippen LogP contribution < -0.4 is 14.8 Å². The number of halogens is 1. The molecule has 2 amide bonds. The number of methoxy groups -OCH3 is 1. The Hall–Kier alpha value is -2.67. The Bertz CT molecular complexity index is 1090. The molecule has 0 radical (unpaired) electrons. The maximum atomic E-state index is 12.8. The number of carbonyl (C=O) groups excluding carboxylic acids is 2. The Morgan fingerprint density at radius 2 is 1.89 bits per heavy atom. The summed E-state index contributed by atoms with van der Waals surface area (Å²) in [5, 5.41) is 32.7. The summed E-state index contributed by atoms with van der Waals surface area (Å²) in [6.07, 6.45) is -0.462. The molecule has 194 valence electrons. The van der Waals surface area contributed by atoms with Crippen LogP contribution in [0.5, 0.6) is 11.5 Å². The lowest BCUT2D eigenvalue weighted by atomic mass is 9.88. The van der Waals surface area contributed by atoms with Gasteiger partial charge in [-0.2, -0.15) is 0 Å². The first-order chi connectivity index (χ1) is 17.3. The zero-order valence-corrected chi connectivity index (χ0v) is 22.3. The molecule has 2 aromatic carbocycles. The fourth-order valence-electron chi connectivity index (χ4n) is 4.14. The van der Waals surface area contributed by atoms with E-state index in [0.29, 0.717) is 26.2 Å². The van der Waals surface area contributed by atoms with E-state index < -0.39 is 24.2 Å². The molecule has 1 aliphatic rings. The number of amides is 2. The summed E-state index contributed by atoms with van der Waals surface area (Å²) >= 11 is 2.05. The van der Waals surface area contributed by atoms with Gasteiger partial charge in [-0.15, -0.1) is 0 Å². The van der Waals surface area contributed by atoms with Crippen molar-refractivity contribution in [3.8, 4) is 11.5 Å². The Balaban J connectivity index is 1.99. The summed E-state index contributed by atoms with van der Waals surface area (Å²) in [5.74, 6) is 0.0599. The van der Waals surface area contributed by atoms with Crippen molar-refractivity contribution in [2.24, 2.45) is 0 Å². The van der Waals surface area contributed by atoms with E-state index in [4.69, 9.17) is 14.6 Å². The van der Waals surface area contributed by atoms with Crippen LogP contribution >= 0.6 is 22.6 Å². The van der Waals surface area contributed by atoms with Crippen molar-refractivity contribution in [3.05, 3.63) is 68.8 Å². The van der Waals surface area contributed by atoms with E-state index >= 15 is 0 Å². The average Bonchev–Trinajstić information content (AvgIpc) is 2.88. The topological polar surface area (TPSA) is 129 Å². The van der Waals surface area contributed by atoms with Crippen molar-refractivity contribution in [1.82, 2.24) is 10.2 Å². The third-order valence-corrected chi connectivity index (χ3v) is 6.74. The molecule has 1 aliphatic carbocycles. The summed E-state index contributed by atoms with van der Waals surface area (Å²) in [6, 6.07) is 12.0. The van der Waals surface area contributed by atoms with E-state index in [9.17, 15) is 19.8 Å². The molecule has 3 unspecified atom stereocenters. The van der Waals surface area contributed by atoms with Crippen molar-refractivity contribution < 1.29 is 34.4 Å². The van der Waals surface area contributed by atoms with Gasteiger partial charge in [0.15, 0.2) is 11.5 Å². The van der Waals surface area contributed by atoms with E-state index in [1.807, 2.05) is 30.3 Å². The van der Waals surface area contributed by atoms with E-state index in [1.54, 1.807) is 23.1 Å². The maximum absolute atomic E-state index is 12.8. The molecule has 0 fully saturated rings. The second-order valence-electron chi connectivity index (χ2n) is 8.42. The Morgan fingerprint density at radius 1 is 1.17 bits per heavy atom. The van der Waals surface area contributed by atoms with Crippen LogP contribution in [-0.4, -0.2) is 70.5 Å². The van der Waals surface area contributed by atoms with Crippen LogP contribution in [0.15, 0.2) is 54.1 Å². The molecule has 0 saturated carbocycles. The molecule has 0 spiro atoms. The number of hydrogen-bond acceptors (Lipinski definition) is 7. The largest absolute Gasteiger partial charge is 0.493 e. The zero-order chi connectivity index (χ0) is 26.2. The number of rotatable bonds is 10. The lowest BCUT2D eigenvalue weighted by molar-refractivity contribution is -0.137. The van der Waals surface area contributed by atoms with Gasteiger partial charge in [-0.3, -0.25) is 9.59 Å². The number of aliphatic hydroxyl groups excluding tert-OH is 3. The summed E-state index contributed by atoms with van der Waals surface area (Å²) in [7, 11) is 1.47. The second kappa shape index (κ2) is 13.0. The van der Waals surface area contributed by atoms with Crippen molar-refractivity contribution in [3.63, 3.8) is 0 Å². The number of ether oxygens (including phenoxy) is 2. The Kier molecular flexibility index (Phi) is 10.1. The van der Waals surface area contributed by atoms with Gasteiger partial charge in [0.05, 0.1) is 29.9 Å². The van der Waals surface area contributed by atoms with Gasteiger partial charge < -0.3 is 35.0 Å². The molecule has 0 heterocycles. The second-order valence-corrected chi connectivity index (χ2v) is 9.58. The number of nitrogens with one attached hydrogen (secondary N) is 1. The first-order valence-electron chi connectivity index (χ1n) is 11.5. The average molecular weight is 610 g/mol. The first-order valence-corrected chi connectivity index (χ1v) is 12.6. The molecular formula is C26H31IN2O7. The number of benzene rings is 2. The third kappa shape index (κ3) is 6.75. The highest BCUT2D eigenvalue weighted by molar-refractivity contribution is 14.1. The smallest absolute Gasteiger partial charge is 0.247 e.